The van der Waals surface area contributed by atoms with Gasteiger partial charge in [0.15, 0.2) is 11.5 Å². The predicted molar refractivity (Wildman–Crippen MR) is 124 cm³/mol. The van der Waals surface area contributed by atoms with Gasteiger partial charge in [0.1, 0.15) is 0 Å². The Labute approximate surface area is 186 Å². The summed E-state index contributed by atoms with van der Waals surface area (Å²) in [7, 11) is 0. The highest BCUT2D eigenvalue weighted by Gasteiger charge is 2.13. The van der Waals surface area contributed by atoms with Crippen molar-refractivity contribution in [1.82, 2.24) is 29.2 Å². The highest BCUT2D eigenvalue weighted by molar-refractivity contribution is 5.69. The van der Waals surface area contributed by atoms with Gasteiger partial charge in [0.25, 0.3) is 0 Å². The van der Waals surface area contributed by atoms with Crippen molar-refractivity contribution in [2.45, 2.75) is 6.54 Å². The van der Waals surface area contributed by atoms with Crippen molar-refractivity contribution in [3.05, 3.63) is 66.7 Å². The van der Waals surface area contributed by atoms with Crippen LogP contribution in [0.25, 0.3) is 17.0 Å². The number of rotatable bonds is 8. The van der Waals surface area contributed by atoms with Gasteiger partial charge in [-0.15, -0.1) is 0 Å². The van der Waals surface area contributed by atoms with Gasteiger partial charge in [-0.1, -0.05) is 30.3 Å². The van der Waals surface area contributed by atoms with E-state index in [1.165, 1.54) is 5.56 Å². The molecule has 1 saturated heterocycles. The number of hydrogen-bond acceptors (Lipinski definition) is 8. The Hall–Kier alpha value is -3.56. The van der Waals surface area contributed by atoms with Crippen LogP contribution in [0.15, 0.2) is 61.2 Å². The molecular formula is C23H26N8O. The van der Waals surface area contributed by atoms with E-state index in [0.717, 1.165) is 62.2 Å². The molecule has 1 aliphatic rings. The first-order valence-corrected chi connectivity index (χ1v) is 10.8. The third-order valence-corrected chi connectivity index (χ3v) is 5.46. The lowest BCUT2D eigenvalue weighted by molar-refractivity contribution is 0.0398. The average Bonchev–Trinajstić information content (AvgIpc) is 3.29. The van der Waals surface area contributed by atoms with Crippen LogP contribution < -0.4 is 10.6 Å². The van der Waals surface area contributed by atoms with Gasteiger partial charge in [-0.05, 0) is 11.6 Å². The standard InChI is InChI=1S/C23H26N8O/c1-2-4-18(5-3-1)16-28-23-26-7-6-19(29-23)20-17-27-22-21(25-9-11-31(20)22)24-8-10-30-12-14-32-15-13-30/h1-7,9,11,17H,8,10,12-16H2,(H,24,25)(H,26,28,29). The number of hydrogen-bond donors (Lipinski definition) is 2. The fourth-order valence-corrected chi connectivity index (χ4v) is 3.75. The molecule has 1 aliphatic heterocycles. The fourth-order valence-electron chi connectivity index (χ4n) is 3.75. The number of nitrogens with one attached hydrogen (secondary N) is 2. The zero-order chi connectivity index (χ0) is 21.6. The molecule has 0 radical (unpaired) electrons. The smallest absolute Gasteiger partial charge is 0.223 e. The van der Waals surface area contributed by atoms with Crippen molar-refractivity contribution < 1.29 is 4.74 Å². The second-order valence-electron chi connectivity index (χ2n) is 7.60. The molecule has 4 heterocycles. The van der Waals surface area contributed by atoms with Gasteiger partial charge < -0.3 is 15.4 Å². The number of fused-ring (bicyclic) bond motifs is 1. The van der Waals surface area contributed by atoms with E-state index in [0.29, 0.717) is 12.5 Å². The Bertz CT molecular complexity index is 1160. The summed E-state index contributed by atoms with van der Waals surface area (Å²) in [4.78, 5) is 20.5. The largest absolute Gasteiger partial charge is 0.379 e. The lowest BCUT2D eigenvalue weighted by atomic mass is 10.2. The molecule has 1 aromatic carbocycles. The summed E-state index contributed by atoms with van der Waals surface area (Å²) in [5.74, 6) is 1.35. The van der Waals surface area contributed by atoms with Crippen LogP contribution in [0.5, 0.6) is 0 Å². The maximum atomic E-state index is 5.41. The van der Waals surface area contributed by atoms with Crippen LogP contribution in [0.2, 0.25) is 0 Å². The van der Waals surface area contributed by atoms with Crippen molar-refractivity contribution in [3.63, 3.8) is 0 Å². The van der Waals surface area contributed by atoms with Gasteiger partial charge >= 0.3 is 0 Å². The normalized spacial score (nSPS) is 14.5. The predicted octanol–water partition coefficient (Wildman–Crippen LogP) is 2.54. The molecule has 9 nitrogen and oxygen atoms in total. The molecule has 3 aromatic heterocycles. The number of aromatic nitrogens is 5. The van der Waals surface area contributed by atoms with E-state index >= 15 is 0 Å². The molecule has 0 amide bonds. The fraction of sp³-hybridized carbons (Fsp3) is 0.304. The van der Waals surface area contributed by atoms with Crippen LogP contribution in [0.4, 0.5) is 11.8 Å². The van der Waals surface area contributed by atoms with Crippen molar-refractivity contribution in [2.75, 3.05) is 50.0 Å². The summed E-state index contributed by atoms with van der Waals surface area (Å²) < 4.78 is 7.42. The molecule has 0 unspecified atom stereocenters. The first-order chi connectivity index (χ1) is 15.9. The first-order valence-electron chi connectivity index (χ1n) is 10.8. The van der Waals surface area contributed by atoms with Crippen LogP contribution in [-0.2, 0) is 11.3 Å². The summed E-state index contributed by atoms with van der Waals surface area (Å²) in [6.45, 7) is 5.97. The monoisotopic (exact) mass is 430 g/mol. The zero-order valence-corrected chi connectivity index (χ0v) is 17.8. The van der Waals surface area contributed by atoms with Gasteiger partial charge in [0, 0.05) is 51.3 Å². The molecule has 0 bridgehead atoms. The van der Waals surface area contributed by atoms with Gasteiger partial charge in [-0.2, -0.15) is 0 Å². The van der Waals surface area contributed by atoms with Crippen molar-refractivity contribution in [3.8, 4) is 11.4 Å². The lowest BCUT2D eigenvalue weighted by Gasteiger charge is -2.26. The Morgan fingerprint density at radius 3 is 2.69 bits per heavy atom. The highest BCUT2D eigenvalue weighted by atomic mass is 16.5. The molecule has 9 heteroatoms. The van der Waals surface area contributed by atoms with Gasteiger partial charge in [0.05, 0.1) is 30.8 Å². The number of nitrogens with zero attached hydrogens (tertiary/aromatic N) is 6. The van der Waals surface area contributed by atoms with Crippen LogP contribution in [0.1, 0.15) is 5.56 Å². The summed E-state index contributed by atoms with van der Waals surface area (Å²) in [6.07, 6.45) is 7.28. The quantitative estimate of drug-likeness (QED) is 0.441. The third-order valence-electron chi connectivity index (χ3n) is 5.46. The maximum absolute atomic E-state index is 5.41. The summed E-state index contributed by atoms with van der Waals surface area (Å²) >= 11 is 0. The van der Waals surface area contributed by atoms with Gasteiger partial charge in [-0.25, -0.2) is 19.9 Å². The second kappa shape index (κ2) is 9.71. The van der Waals surface area contributed by atoms with E-state index in [9.17, 15) is 0 Å². The van der Waals surface area contributed by atoms with E-state index in [1.54, 1.807) is 12.4 Å². The molecule has 0 saturated carbocycles. The van der Waals surface area contributed by atoms with Crippen LogP contribution in [0, 0.1) is 0 Å². The van der Waals surface area contributed by atoms with Crippen LogP contribution in [-0.4, -0.2) is 68.6 Å². The maximum Gasteiger partial charge on any atom is 0.223 e. The minimum Gasteiger partial charge on any atom is -0.379 e. The Balaban J connectivity index is 1.30. The van der Waals surface area contributed by atoms with Gasteiger partial charge in [-0.3, -0.25) is 9.30 Å². The third kappa shape index (κ3) is 4.68. The summed E-state index contributed by atoms with van der Waals surface area (Å²) in [6, 6.07) is 12.1. The SMILES string of the molecule is c1ccc(CNc2nccc(-c3cnc4c(NCCN5CCOCC5)nccn34)n2)cc1. The average molecular weight is 431 g/mol. The number of benzene rings is 1. The Morgan fingerprint density at radius 1 is 0.938 bits per heavy atom. The Morgan fingerprint density at radius 2 is 1.81 bits per heavy atom. The Kier molecular flexibility index (Phi) is 6.18. The van der Waals surface area contributed by atoms with E-state index < -0.39 is 0 Å². The molecule has 2 N–H and O–H groups in total. The minimum atomic E-state index is 0.583. The van der Waals surface area contributed by atoms with Crippen molar-refractivity contribution in [1.29, 1.82) is 0 Å². The number of ether oxygens (including phenoxy) is 1. The lowest BCUT2D eigenvalue weighted by Crippen LogP contribution is -2.39. The van der Waals surface area contributed by atoms with Crippen molar-refractivity contribution in [2.24, 2.45) is 0 Å². The van der Waals surface area contributed by atoms with Crippen molar-refractivity contribution >= 4 is 17.4 Å². The molecule has 1 fully saturated rings. The summed E-state index contributed by atoms with van der Waals surface area (Å²) in [5.41, 5.74) is 3.65. The number of morpholine rings is 1. The second-order valence-corrected chi connectivity index (χ2v) is 7.60. The first kappa shape index (κ1) is 20.3. The highest BCUT2D eigenvalue weighted by Crippen LogP contribution is 2.22. The molecular weight excluding hydrogens is 404 g/mol. The molecule has 164 valence electrons. The molecule has 0 spiro atoms. The number of anilines is 2. The minimum absolute atomic E-state index is 0.583. The molecule has 0 aliphatic carbocycles. The topological polar surface area (TPSA) is 92.5 Å². The molecule has 0 atom stereocenters. The zero-order valence-electron chi connectivity index (χ0n) is 17.8. The summed E-state index contributed by atoms with van der Waals surface area (Å²) in [5, 5.41) is 6.72. The van der Waals surface area contributed by atoms with E-state index in [1.807, 2.05) is 41.1 Å². The van der Waals surface area contributed by atoms with E-state index in [2.05, 4.69) is 42.6 Å². The van der Waals surface area contributed by atoms with Gasteiger partial charge in [0.2, 0.25) is 5.95 Å². The molecule has 32 heavy (non-hydrogen) atoms. The van der Waals surface area contributed by atoms with E-state index in [4.69, 9.17) is 9.72 Å². The van der Waals surface area contributed by atoms with E-state index in [-0.39, 0.29) is 0 Å². The van der Waals surface area contributed by atoms with Crippen LogP contribution in [0.3, 0.4) is 0 Å². The van der Waals surface area contributed by atoms with Crippen LogP contribution >= 0.6 is 0 Å². The number of imidazole rings is 1. The molecule has 4 aromatic rings. The molecule has 5 rings (SSSR count).